The zero-order chi connectivity index (χ0) is 7.61. The van der Waals surface area contributed by atoms with Crippen LogP contribution >= 0.6 is 0 Å². The summed E-state index contributed by atoms with van der Waals surface area (Å²) in [5.41, 5.74) is 0. The molecule has 0 atom stereocenters. The molecule has 0 radical (unpaired) electrons. The van der Waals surface area contributed by atoms with Crippen LogP contribution in [0.25, 0.3) is 0 Å². The number of sulfonamides is 1. The molecule has 1 saturated carbocycles. The van der Waals surface area contributed by atoms with Gasteiger partial charge in [0.15, 0.2) is 0 Å². The Kier molecular flexibility index (Phi) is 2.28. The van der Waals surface area contributed by atoms with Crippen LogP contribution in [0.4, 0.5) is 0 Å². The average Bonchev–Trinajstić information content (AvgIpc) is 2.64. The van der Waals surface area contributed by atoms with Crippen molar-refractivity contribution in [1.82, 2.24) is 4.89 Å². The van der Waals surface area contributed by atoms with Crippen LogP contribution in [0.15, 0.2) is 0 Å². The average molecular weight is 165 g/mol. The highest BCUT2D eigenvalue weighted by Gasteiger charge is 2.35. The molecule has 0 amide bonds. The normalized spacial score (nSPS) is 19.3. The molecule has 0 aromatic heterocycles. The first-order chi connectivity index (χ1) is 4.67. The predicted molar refractivity (Wildman–Crippen MR) is 36.7 cm³/mol. The third-order valence-electron chi connectivity index (χ3n) is 1.28. The molecule has 0 spiro atoms. The van der Waals surface area contributed by atoms with Gasteiger partial charge in [-0.15, -0.1) is 0 Å². The molecule has 0 saturated heterocycles. The van der Waals surface area contributed by atoms with E-state index in [9.17, 15) is 8.42 Å². The smallest absolute Gasteiger partial charge is 0.236 e. The van der Waals surface area contributed by atoms with Gasteiger partial charge in [0.05, 0.1) is 11.9 Å². The molecule has 4 nitrogen and oxygen atoms in total. The first-order valence-electron chi connectivity index (χ1n) is 3.29. The summed E-state index contributed by atoms with van der Waals surface area (Å²) in [4.78, 5) is 6.60. The summed E-state index contributed by atoms with van der Waals surface area (Å²) >= 11 is 0. The van der Waals surface area contributed by atoms with Crippen LogP contribution in [0.2, 0.25) is 0 Å². The highest BCUT2D eigenvalue weighted by Crippen LogP contribution is 2.27. The summed E-state index contributed by atoms with van der Waals surface area (Å²) in [5, 5.41) is -0.195. The number of hydrogen-bond acceptors (Lipinski definition) is 3. The van der Waals surface area contributed by atoms with Crippen LogP contribution < -0.4 is 4.89 Å². The maximum absolute atomic E-state index is 10.9. The van der Waals surface area contributed by atoms with Crippen molar-refractivity contribution in [3.05, 3.63) is 0 Å². The van der Waals surface area contributed by atoms with E-state index < -0.39 is 10.0 Å². The molecule has 0 unspecified atom stereocenters. The molecule has 1 aliphatic carbocycles. The molecule has 0 aromatic carbocycles. The molecular weight excluding hydrogens is 154 g/mol. The Balaban J connectivity index is 2.36. The fraction of sp³-hybridized carbons (Fsp3) is 1.00. The van der Waals surface area contributed by atoms with E-state index in [4.69, 9.17) is 0 Å². The fourth-order valence-electron chi connectivity index (χ4n) is 0.587. The Labute approximate surface area is 60.6 Å². The lowest BCUT2D eigenvalue weighted by atomic mass is 10.9. The Hall–Kier alpha value is -0.130. The van der Waals surface area contributed by atoms with Gasteiger partial charge >= 0.3 is 0 Å². The molecule has 1 rings (SSSR count). The van der Waals surface area contributed by atoms with E-state index in [-0.39, 0.29) is 5.25 Å². The van der Waals surface area contributed by atoms with Crippen molar-refractivity contribution < 1.29 is 13.3 Å². The van der Waals surface area contributed by atoms with Gasteiger partial charge in [0.1, 0.15) is 0 Å². The summed E-state index contributed by atoms with van der Waals surface area (Å²) in [6, 6.07) is 0. The van der Waals surface area contributed by atoms with E-state index in [1.165, 1.54) is 0 Å². The second kappa shape index (κ2) is 2.86. The minimum Gasteiger partial charge on any atom is -0.287 e. The maximum Gasteiger partial charge on any atom is 0.236 e. The van der Waals surface area contributed by atoms with Gasteiger partial charge in [0.25, 0.3) is 0 Å². The van der Waals surface area contributed by atoms with Gasteiger partial charge in [-0.2, -0.15) is 0 Å². The SMILES string of the molecule is CCONS(=O)(=O)C1CC1. The van der Waals surface area contributed by atoms with Crippen molar-refractivity contribution in [2.45, 2.75) is 25.0 Å². The van der Waals surface area contributed by atoms with Crippen LogP contribution in [0.3, 0.4) is 0 Å². The van der Waals surface area contributed by atoms with Gasteiger partial charge in [0.2, 0.25) is 10.0 Å². The number of rotatable bonds is 4. The molecule has 1 fully saturated rings. The summed E-state index contributed by atoms with van der Waals surface area (Å²) in [5.74, 6) is 0. The van der Waals surface area contributed by atoms with Crippen LogP contribution in [0, 0.1) is 0 Å². The molecular formula is C5H11NO3S. The summed E-state index contributed by atoms with van der Waals surface area (Å²) in [6.45, 7) is 2.10. The first kappa shape index (κ1) is 7.97. The van der Waals surface area contributed by atoms with Gasteiger partial charge in [-0.25, -0.2) is 8.42 Å². The van der Waals surface area contributed by atoms with Crippen molar-refractivity contribution >= 4 is 10.0 Å². The van der Waals surface area contributed by atoms with E-state index in [0.29, 0.717) is 6.61 Å². The Morgan fingerprint density at radius 2 is 2.20 bits per heavy atom. The van der Waals surface area contributed by atoms with Crippen molar-refractivity contribution in [3.63, 3.8) is 0 Å². The highest BCUT2D eigenvalue weighted by atomic mass is 32.2. The van der Waals surface area contributed by atoms with E-state index in [0.717, 1.165) is 12.8 Å². The minimum atomic E-state index is -3.12. The van der Waals surface area contributed by atoms with Gasteiger partial charge in [-0.05, 0) is 19.8 Å². The van der Waals surface area contributed by atoms with Gasteiger partial charge in [0, 0.05) is 0 Å². The minimum absolute atomic E-state index is 0.195. The third kappa shape index (κ3) is 1.93. The molecule has 0 aromatic rings. The Morgan fingerprint density at radius 3 is 2.60 bits per heavy atom. The maximum atomic E-state index is 10.9. The van der Waals surface area contributed by atoms with Crippen LogP contribution in [0.5, 0.6) is 0 Å². The van der Waals surface area contributed by atoms with Gasteiger partial charge < -0.3 is 0 Å². The van der Waals surface area contributed by atoms with Crippen molar-refractivity contribution in [2.24, 2.45) is 0 Å². The molecule has 5 heteroatoms. The van der Waals surface area contributed by atoms with Crippen molar-refractivity contribution in [3.8, 4) is 0 Å². The number of hydrogen-bond donors (Lipinski definition) is 1. The molecule has 0 bridgehead atoms. The van der Waals surface area contributed by atoms with Gasteiger partial charge in [-0.1, -0.05) is 4.89 Å². The molecule has 0 aliphatic heterocycles. The summed E-state index contributed by atoms with van der Waals surface area (Å²) in [7, 11) is -3.12. The lowest BCUT2D eigenvalue weighted by molar-refractivity contribution is 0.105. The van der Waals surface area contributed by atoms with Gasteiger partial charge in [-0.3, -0.25) is 4.84 Å². The lowest BCUT2D eigenvalue weighted by Crippen LogP contribution is -2.27. The molecule has 0 heterocycles. The van der Waals surface area contributed by atoms with Crippen LogP contribution in [-0.2, 0) is 14.9 Å². The zero-order valence-electron chi connectivity index (χ0n) is 5.83. The third-order valence-corrected chi connectivity index (χ3v) is 2.98. The second-order valence-electron chi connectivity index (χ2n) is 2.26. The van der Waals surface area contributed by atoms with E-state index >= 15 is 0 Å². The lowest BCUT2D eigenvalue weighted by Gasteiger charge is -2.01. The zero-order valence-corrected chi connectivity index (χ0v) is 6.65. The summed E-state index contributed by atoms with van der Waals surface area (Å²) < 4.78 is 21.8. The topological polar surface area (TPSA) is 55.4 Å². The monoisotopic (exact) mass is 165 g/mol. The second-order valence-corrected chi connectivity index (χ2v) is 4.18. The van der Waals surface area contributed by atoms with Crippen molar-refractivity contribution in [2.75, 3.05) is 6.61 Å². The fourth-order valence-corrected chi connectivity index (χ4v) is 1.76. The Bertz CT molecular complexity index is 195. The van der Waals surface area contributed by atoms with Crippen LogP contribution in [-0.4, -0.2) is 20.3 Å². The largest absolute Gasteiger partial charge is 0.287 e. The molecule has 1 aliphatic rings. The highest BCUT2D eigenvalue weighted by molar-refractivity contribution is 7.90. The molecule has 10 heavy (non-hydrogen) atoms. The van der Waals surface area contributed by atoms with E-state index in [1.807, 2.05) is 4.89 Å². The van der Waals surface area contributed by atoms with E-state index in [1.54, 1.807) is 6.92 Å². The quantitative estimate of drug-likeness (QED) is 0.597. The molecule has 1 N–H and O–H groups in total. The van der Waals surface area contributed by atoms with E-state index in [2.05, 4.69) is 4.84 Å². The van der Waals surface area contributed by atoms with Crippen LogP contribution in [0.1, 0.15) is 19.8 Å². The summed E-state index contributed by atoms with van der Waals surface area (Å²) in [6.07, 6.45) is 1.53. The predicted octanol–water partition coefficient (Wildman–Crippen LogP) is 0.0197. The number of nitrogens with one attached hydrogen (secondary N) is 1. The standard InChI is InChI=1S/C5H11NO3S/c1-2-9-6-10(7,8)5-3-4-5/h5-6H,2-4H2,1H3. The molecule has 60 valence electrons. The van der Waals surface area contributed by atoms with Crippen molar-refractivity contribution in [1.29, 1.82) is 0 Å². The first-order valence-corrected chi connectivity index (χ1v) is 4.84. The Morgan fingerprint density at radius 1 is 1.60 bits per heavy atom.